The van der Waals surface area contributed by atoms with Gasteiger partial charge in [0.1, 0.15) is 5.52 Å². The van der Waals surface area contributed by atoms with Crippen LogP contribution in [0.3, 0.4) is 0 Å². The van der Waals surface area contributed by atoms with Gasteiger partial charge in [-0.25, -0.2) is 4.79 Å². The van der Waals surface area contributed by atoms with Crippen LogP contribution in [0.5, 0.6) is 0 Å². The molecule has 19 heavy (non-hydrogen) atoms. The molecule has 1 heterocycles. The van der Waals surface area contributed by atoms with Crippen LogP contribution in [0.1, 0.15) is 24.2 Å². The van der Waals surface area contributed by atoms with Crippen LogP contribution in [0.4, 0.5) is 6.01 Å². The summed E-state index contributed by atoms with van der Waals surface area (Å²) < 4.78 is 5.44. The predicted molar refractivity (Wildman–Crippen MR) is 70.3 cm³/mol. The molecule has 6 heteroatoms. The molecule has 0 radical (unpaired) electrons. The second kappa shape index (κ2) is 5.27. The van der Waals surface area contributed by atoms with E-state index in [-0.39, 0.29) is 30.1 Å². The van der Waals surface area contributed by atoms with E-state index in [0.29, 0.717) is 11.1 Å². The highest BCUT2D eigenvalue weighted by Crippen LogP contribution is 2.21. The number of aliphatic hydroxyl groups excluding tert-OH is 1. The summed E-state index contributed by atoms with van der Waals surface area (Å²) in [6, 6.07) is 4.62. The number of benzene rings is 1. The Labute approximate surface area is 110 Å². The lowest BCUT2D eigenvalue weighted by atomic mass is 10.1. The second-order valence-corrected chi connectivity index (χ2v) is 4.68. The van der Waals surface area contributed by atoms with Crippen molar-refractivity contribution in [3.8, 4) is 0 Å². The molecule has 1 aromatic heterocycles. The van der Waals surface area contributed by atoms with E-state index in [1.807, 2.05) is 13.8 Å². The second-order valence-electron chi connectivity index (χ2n) is 4.68. The number of carboxylic acids is 1. The zero-order valence-electron chi connectivity index (χ0n) is 10.8. The number of hydrogen-bond donors (Lipinski definition) is 3. The molecule has 0 unspecified atom stereocenters. The van der Waals surface area contributed by atoms with Gasteiger partial charge in [0.15, 0.2) is 5.58 Å². The van der Waals surface area contributed by atoms with E-state index in [0.717, 1.165) is 0 Å². The number of hydrogen-bond acceptors (Lipinski definition) is 5. The Morgan fingerprint density at radius 3 is 2.79 bits per heavy atom. The summed E-state index contributed by atoms with van der Waals surface area (Å²) in [4.78, 5) is 15.1. The summed E-state index contributed by atoms with van der Waals surface area (Å²) >= 11 is 0. The lowest BCUT2D eigenvalue weighted by Crippen LogP contribution is -2.29. The summed E-state index contributed by atoms with van der Waals surface area (Å²) in [5, 5.41) is 21.1. The zero-order valence-corrected chi connectivity index (χ0v) is 10.8. The van der Waals surface area contributed by atoms with Crippen molar-refractivity contribution in [2.24, 2.45) is 5.92 Å². The predicted octanol–water partition coefficient (Wildman–Crippen LogP) is 1.95. The normalized spacial score (nSPS) is 12.8. The largest absolute Gasteiger partial charge is 0.478 e. The third-order valence-electron chi connectivity index (χ3n) is 2.95. The minimum Gasteiger partial charge on any atom is -0.478 e. The van der Waals surface area contributed by atoms with Crippen LogP contribution in [-0.2, 0) is 0 Å². The van der Waals surface area contributed by atoms with Crippen LogP contribution in [0, 0.1) is 5.92 Å². The summed E-state index contributed by atoms with van der Waals surface area (Å²) in [5.41, 5.74) is 1.13. The third kappa shape index (κ3) is 2.85. The molecule has 2 aromatic rings. The van der Waals surface area contributed by atoms with Crippen molar-refractivity contribution in [1.29, 1.82) is 0 Å². The van der Waals surface area contributed by atoms with E-state index in [9.17, 15) is 9.90 Å². The van der Waals surface area contributed by atoms with E-state index in [2.05, 4.69) is 10.3 Å². The minimum atomic E-state index is -1.01. The van der Waals surface area contributed by atoms with Crippen molar-refractivity contribution in [3.63, 3.8) is 0 Å². The quantitative estimate of drug-likeness (QED) is 0.764. The van der Waals surface area contributed by atoms with E-state index >= 15 is 0 Å². The Morgan fingerprint density at radius 1 is 1.47 bits per heavy atom. The van der Waals surface area contributed by atoms with Gasteiger partial charge in [-0.2, -0.15) is 4.98 Å². The van der Waals surface area contributed by atoms with Crippen molar-refractivity contribution in [3.05, 3.63) is 23.8 Å². The topological polar surface area (TPSA) is 95.6 Å². The number of aromatic carboxylic acids is 1. The van der Waals surface area contributed by atoms with Gasteiger partial charge in [-0.3, -0.25) is 0 Å². The van der Waals surface area contributed by atoms with Crippen LogP contribution in [0.25, 0.3) is 11.1 Å². The van der Waals surface area contributed by atoms with E-state index in [4.69, 9.17) is 9.52 Å². The van der Waals surface area contributed by atoms with E-state index in [1.54, 1.807) is 6.07 Å². The summed E-state index contributed by atoms with van der Waals surface area (Å²) in [5.74, 6) is -0.794. The molecule has 0 aliphatic rings. The first-order valence-corrected chi connectivity index (χ1v) is 6.02. The maximum absolute atomic E-state index is 10.9. The first kappa shape index (κ1) is 13.4. The first-order chi connectivity index (χ1) is 9.01. The number of aliphatic hydroxyl groups is 1. The molecule has 0 aliphatic heterocycles. The molecule has 102 valence electrons. The highest BCUT2D eigenvalue weighted by molar-refractivity contribution is 5.92. The Kier molecular flexibility index (Phi) is 3.71. The molecule has 0 saturated carbocycles. The maximum atomic E-state index is 10.9. The average Bonchev–Trinajstić information content (AvgIpc) is 2.76. The molecule has 0 spiro atoms. The molecule has 0 saturated heterocycles. The van der Waals surface area contributed by atoms with Gasteiger partial charge in [0, 0.05) is 0 Å². The van der Waals surface area contributed by atoms with Gasteiger partial charge in [-0.05, 0) is 24.1 Å². The van der Waals surface area contributed by atoms with Gasteiger partial charge in [0.05, 0.1) is 18.2 Å². The summed E-state index contributed by atoms with van der Waals surface area (Å²) in [6.07, 6.45) is 0. The van der Waals surface area contributed by atoms with Gasteiger partial charge in [0.2, 0.25) is 0 Å². The first-order valence-electron chi connectivity index (χ1n) is 6.02. The molecular weight excluding hydrogens is 248 g/mol. The van der Waals surface area contributed by atoms with Crippen molar-refractivity contribution >= 4 is 23.1 Å². The monoisotopic (exact) mass is 264 g/mol. The molecule has 0 fully saturated rings. The standard InChI is InChI=1S/C13H16N2O4/c1-7(2)10(6-16)15-13-14-9-4-3-8(12(17)18)5-11(9)19-13/h3-5,7,10,16H,6H2,1-2H3,(H,14,15)(H,17,18)/t10-/m1/s1. The average molecular weight is 264 g/mol. The lowest BCUT2D eigenvalue weighted by molar-refractivity contribution is 0.0697. The van der Waals surface area contributed by atoms with Crippen LogP contribution < -0.4 is 5.32 Å². The van der Waals surface area contributed by atoms with Crippen LogP contribution in [0.2, 0.25) is 0 Å². The van der Waals surface area contributed by atoms with Crippen LogP contribution >= 0.6 is 0 Å². The Hall–Kier alpha value is -2.08. The molecule has 0 bridgehead atoms. The summed E-state index contributed by atoms with van der Waals surface area (Å²) in [7, 11) is 0. The fourth-order valence-corrected chi connectivity index (χ4v) is 1.70. The lowest BCUT2D eigenvalue weighted by Gasteiger charge is -2.18. The third-order valence-corrected chi connectivity index (χ3v) is 2.95. The molecule has 0 aliphatic carbocycles. The fourth-order valence-electron chi connectivity index (χ4n) is 1.70. The highest BCUT2D eigenvalue weighted by Gasteiger charge is 2.16. The van der Waals surface area contributed by atoms with E-state index in [1.165, 1.54) is 12.1 Å². The smallest absolute Gasteiger partial charge is 0.335 e. The SMILES string of the molecule is CC(C)[C@@H](CO)Nc1nc2ccc(C(=O)O)cc2o1. The molecular formula is C13H16N2O4. The van der Waals surface area contributed by atoms with Gasteiger partial charge in [-0.1, -0.05) is 13.8 Å². The van der Waals surface area contributed by atoms with Crippen LogP contribution in [-0.4, -0.2) is 33.8 Å². The highest BCUT2D eigenvalue weighted by atomic mass is 16.4. The van der Waals surface area contributed by atoms with Crippen LogP contribution in [0.15, 0.2) is 22.6 Å². The van der Waals surface area contributed by atoms with Crippen molar-refractivity contribution < 1.29 is 19.4 Å². The number of carboxylic acid groups (broad SMARTS) is 1. The molecule has 0 amide bonds. The van der Waals surface area contributed by atoms with Gasteiger partial charge in [-0.15, -0.1) is 0 Å². The summed E-state index contributed by atoms with van der Waals surface area (Å²) in [6.45, 7) is 3.91. The molecule has 2 rings (SSSR count). The number of nitrogens with zero attached hydrogens (tertiary/aromatic N) is 1. The molecule has 3 N–H and O–H groups in total. The van der Waals surface area contributed by atoms with Gasteiger partial charge in [0.25, 0.3) is 6.01 Å². The molecule has 1 aromatic carbocycles. The minimum absolute atomic E-state index is 0.0310. The maximum Gasteiger partial charge on any atom is 0.335 e. The number of fused-ring (bicyclic) bond motifs is 1. The number of nitrogens with one attached hydrogen (secondary N) is 1. The Balaban J connectivity index is 2.28. The van der Waals surface area contributed by atoms with Crippen molar-refractivity contribution in [2.75, 3.05) is 11.9 Å². The fraction of sp³-hybridized carbons (Fsp3) is 0.385. The zero-order chi connectivity index (χ0) is 14.0. The molecule has 1 atom stereocenters. The number of oxazole rings is 1. The molecule has 6 nitrogen and oxygen atoms in total. The Bertz CT molecular complexity index is 591. The number of carbonyl (C=O) groups is 1. The van der Waals surface area contributed by atoms with E-state index < -0.39 is 5.97 Å². The number of anilines is 1. The number of aromatic nitrogens is 1. The van der Waals surface area contributed by atoms with Gasteiger partial charge >= 0.3 is 5.97 Å². The Morgan fingerprint density at radius 2 is 2.21 bits per heavy atom. The number of rotatable bonds is 5. The van der Waals surface area contributed by atoms with Gasteiger partial charge < -0.3 is 19.9 Å². The van der Waals surface area contributed by atoms with Crippen molar-refractivity contribution in [2.45, 2.75) is 19.9 Å². The van der Waals surface area contributed by atoms with Crippen molar-refractivity contribution in [1.82, 2.24) is 4.98 Å².